The Kier molecular flexibility index (Phi) is 4.29. The van der Waals surface area contributed by atoms with Gasteiger partial charge in [-0.15, -0.1) is 0 Å². The maximum absolute atomic E-state index is 12.4. The molecule has 0 radical (unpaired) electrons. The van der Waals surface area contributed by atoms with Gasteiger partial charge in [-0.25, -0.2) is 9.97 Å². The molecule has 1 aromatic heterocycles. The smallest absolute Gasteiger partial charge is 0.272 e. The molecule has 7 heteroatoms. The molecule has 1 aromatic carbocycles. The van der Waals surface area contributed by atoms with Crippen LogP contribution in [0.25, 0.3) is 11.3 Å². The van der Waals surface area contributed by atoms with E-state index in [0.717, 1.165) is 5.56 Å². The van der Waals surface area contributed by atoms with Gasteiger partial charge in [-0.05, 0) is 24.6 Å². The first-order valence-corrected chi connectivity index (χ1v) is 7.55. The van der Waals surface area contributed by atoms with Crippen LogP contribution in [-0.2, 0) is 0 Å². The Labute approximate surface area is 137 Å². The number of nitrogens with zero attached hydrogens (tertiary/aromatic N) is 3. The number of aliphatic hydroxyl groups is 1. The molecule has 2 heterocycles. The predicted molar refractivity (Wildman–Crippen MR) is 84.0 cm³/mol. The highest BCUT2D eigenvalue weighted by Gasteiger charge is 2.26. The quantitative estimate of drug-likeness (QED) is 0.914. The lowest BCUT2D eigenvalue weighted by Crippen LogP contribution is -2.30. The molecular weight excluding hydrogens is 325 g/mol. The Hall–Kier alpha value is -1.69. The summed E-state index contributed by atoms with van der Waals surface area (Å²) in [5.74, 6) is -0.208. The van der Waals surface area contributed by atoms with Crippen molar-refractivity contribution in [3.63, 3.8) is 0 Å². The maximum atomic E-state index is 12.4. The van der Waals surface area contributed by atoms with E-state index in [1.54, 1.807) is 29.2 Å². The second-order valence-electron chi connectivity index (χ2n) is 5.11. The number of halogens is 2. The zero-order valence-corrected chi connectivity index (χ0v) is 13.1. The number of benzene rings is 1. The fourth-order valence-electron chi connectivity index (χ4n) is 2.38. The van der Waals surface area contributed by atoms with Crippen molar-refractivity contribution in [3.05, 3.63) is 46.3 Å². The molecule has 1 aliphatic heterocycles. The van der Waals surface area contributed by atoms with E-state index in [2.05, 4.69) is 9.97 Å². The second-order valence-corrected chi connectivity index (χ2v) is 5.93. The molecule has 0 bridgehead atoms. The van der Waals surface area contributed by atoms with Crippen molar-refractivity contribution in [2.75, 3.05) is 13.1 Å². The number of β-amino-alcohol motifs (C(OH)–C–C–N with tert-alkyl or cyclic N) is 1. The van der Waals surface area contributed by atoms with Crippen molar-refractivity contribution in [1.29, 1.82) is 0 Å². The van der Waals surface area contributed by atoms with Gasteiger partial charge in [-0.3, -0.25) is 4.79 Å². The molecule has 1 saturated heterocycles. The fourth-order valence-corrected chi connectivity index (χ4v) is 2.67. The molecule has 5 nitrogen and oxygen atoms in total. The fraction of sp³-hybridized carbons (Fsp3) is 0.267. The van der Waals surface area contributed by atoms with Crippen molar-refractivity contribution in [3.8, 4) is 11.3 Å². The standard InChI is InChI=1S/C15H13Cl2N3O2/c16-11-2-1-9(5-12(11)17)13-6-14(19-8-18-13)15(22)20-4-3-10(21)7-20/h1-2,5-6,8,10,21H,3-4,7H2. The van der Waals surface area contributed by atoms with E-state index in [9.17, 15) is 9.90 Å². The number of carbonyl (C=O) groups is 1. The lowest BCUT2D eigenvalue weighted by atomic mass is 10.1. The maximum Gasteiger partial charge on any atom is 0.272 e. The molecule has 1 amide bonds. The van der Waals surface area contributed by atoms with E-state index < -0.39 is 6.10 Å². The molecule has 1 N–H and O–H groups in total. The normalized spacial score (nSPS) is 17.8. The summed E-state index contributed by atoms with van der Waals surface area (Å²) in [6.07, 6.45) is 1.48. The van der Waals surface area contributed by atoms with Crippen LogP contribution in [0.15, 0.2) is 30.6 Å². The largest absolute Gasteiger partial charge is 0.391 e. The van der Waals surface area contributed by atoms with Crippen LogP contribution in [0.3, 0.4) is 0 Å². The highest BCUT2D eigenvalue weighted by Crippen LogP contribution is 2.27. The van der Waals surface area contributed by atoms with E-state index in [0.29, 0.717) is 40.9 Å². The first-order valence-electron chi connectivity index (χ1n) is 6.79. The third-order valence-corrected chi connectivity index (χ3v) is 4.29. The Morgan fingerprint density at radius 3 is 2.73 bits per heavy atom. The monoisotopic (exact) mass is 337 g/mol. The van der Waals surface area contributed by atoms with Crippen molar-refractivity contribution in [2.45, 2.75) is 12.5 Å². The summed E-state index contributed by atoms with van der Waals surface area (Å²) in [4.78, 5) is 22.2. The summed E-state index contributed by atoms with van der Waals surface area (Å²) in [5.41, 5.74) is 1.65. The molecule has 22 heavy (non-hydrogen) atoms. The van der Waals surface area contributed by atoms with Crippen LogP contribution < -0.4 is 0 Å². The van der Waals surface area contributed by atoms with E-state index in [-0.39, 0.29) is 5.91 Å². The summed E-state index contributed by atoms with van der Waals surface area (Å²) in [7, 11) is 0. The Bertz CT molecular complexity index is 724. The third-order valence-electron chi connectivity index (χ3n) is 3.55. The van der Waals surface area contributed by atoms with Gasteiger partial charge in [0, 0.05) is 18.7 Å². The van der Waals surface area contributed by atoms with Crippen LogP contribution in [0, 0.1) is 0 Å². The molecule has 0 spiro atoms. The molecule has 2 aromatic rings. The number of amides is 1. The lowest BCUT2D eigenvalue weighted by Gasteiger charge is -2.15. The van der Waals surface area contributed by atoms with Gasteiger partial charge in [0.25, 0.3) is 5.91 Å². The summed E-state index contributed by atoms with van der Waals surface area (Å²) in [6.45, 7) is 0.872. The van der Waals surface area contributed by atoms with Gasteiger partial charge in [0.05, 0.1) is 21.8 Å². The SMILES string of the molecule is O=C(c1cc(-c2ccc(Cl)c(Cl)c2)ncn1)N1CCC(O)C1. The van der Waals surface area contributed by atoms with Gasteiger partial charge >= 0.3 is 0 Å². The first-order chi connectivity index (χ1) is 10.5. The number of hydrogen-bond acceptors (Lipinski definition) is 4. The van der Waals surface area contributed by atoms with E-state index in [1.807, 2.05) is 0 Å². The Morgan fingerprint density at radius 1 is 1.23 bits per heavy atom. The minimum atomic E-state index is -0.458. The van der Waals surface area contributed by atoms with Crippen LogP contribution in [0.4, 0.5) is 0 Å². The van der Waals surface area contributed by atoms with E-state index in [4.69, 9.17) is 23.2 Å². The first kappa shape index (κ1) is 15.2. The van der Waals surface area contributed by atoms with Gasteiger partial charge in [-0.1, -0.05) is 29.3 Å². The molecule has 1 fully saturated rings. The molecular formula is C15H13Cl2N3O2. The van der Waals surface area contributed by atoms with Gasteiger partial charge in [0.2, 0.25) is 0 Å². The van der Waals surface area contributed by atoms with Crippen LogP contribution in [-0.4, -0.2) is 45.1 Å². The van der Waals surface area contributed by atoms with E-state index in [1.165, 1.54) is 6.33 Å². The second kappa shape index (κ2) is 6.20. The van der Waals surface area contributed by atoms with Crippen molar-refractivity contribution in [1.82, 2.24) is 14.9 Å². The molecule has 114 valence electrons. The zero-order valence-electron chi connectivity index (χ0n) is 11.5. The summed E-state index contributed by atoms with van der Waals surface area (Å²) in [6, 6.07) is 6.77. The summed E-state index contributed by atoms with van der Waals surface area (Å²) < 4.78 is 0. The summed E-state index contributed by atoms with van der Waals surface area (Å²) >= 11 is 11.9. The minimum absolute atomic E-state index is 0.208. The molecule has 1 aliphatic rings. The molecule has 0 saturated carbocycles. The number of rotatable bonds is 2. The lowest BCUT2D eigenvalue weighted by molar-refractivity contribution is 0.0759. The summed E-state index contributed by atoms with van der Waals surface area (Å²) in [5, 5.41) is 10.4. The topological polar surface area (TPSA) is 66.3 Å². The molecule has 1 unspecified atom stereocenters. The van der Waals surface area contributed by atoms with Gasteiger partial charge in [-0.2, -0.15) is 0 Å². The Morgan fingerprint density at radius 2 is 2.05 bits per heavy atom. The van der Waals surface area contributed by atoms with Crippen molar-refractivity contribution in [2.24, 2.45) is 0 Å². The van der Waals surface area contributed by atoms with Crippen LogP contribution in [0.5, 0.6) is 0 Å². The number of hydrogen-bond donors (Lipinski definition) is 1. The number of likely N-dealkylation sites (tertiary alicyclic amines) is 1. The molecule has 3 rings (SSSR count). The zero-order chi connectivity index (χ0) is 15.7. The van der Waals surface area contributed by atoms with Crippen LogP contribution in [0.2, 0.25) is 10.0 Å². The van der Waals surface area contributed by atoms with Gasteiger partial charge < -0.3 is 10.0 Å². The minimum Gasteiger partial charge on any atom is -0.391 e. The van der Waals surface area contributed by atoms with Gasteiger partial charge in [0.1, 0.15) is 12.0 Å². The molecule has 1 atom stereocenters. The van der Waals surface area contributed by atoms with Crippen molar-refractivity contribution >= 4 is 29.1 Å². The molecule has 0 aliphatic carbocycles. The van der Waals surface area contributed by atoms with Crippen LogP contribution in [0.1, 0.15) is 16.9 Å². The highest BCUT2D eigenvalue weighted by molar-refractivity contribution is 6.42. The number of carbonyl (C=O) groups excluding carboxylic acids is 1. The van der Waals surface area contributed by atoms with Gasteiger partial charge in [0.15, 0.2) is 0 Å². The average Bonchev–Trinajstić information content (AvgIpc) is 2.96. The van der Waals surface area contributed by atoms with Crippen LogP contribution >= 0.6 is 23.2 Å². The predicted octanol–water partition coefficient (Wildman–Crippen LogP) is 2.66. The van der Waals surface area contributed by atoms with E-state index >= 15 is 0 Å². The third kappa shape index (κ3) is 3.06. The number of aliphatic hydroxyl groups excluding tert-OH is 1. The highest BCUT2D eigenvalue weighted by atomic mass is 35.5. The average molecular weight is 338 g/mol. The Balaban J connectivity index is 1.89. The van der Waals surface area contributed by atoms with Crippen molar-refractivity contribution < 1.29 is 9.90 Å². The number of aromatic nitrogens is 2.